The zero-order valence-corrected chi connectivity index (χ0v) is 18.0. The highest BCUT2D eigenvalue weighted by atomic mass is 16.5. The summed E-state index contributed by atoms with van der Waals surface area (Å²) < 4.78 is 6.97. The summed E-state index contributed by atoms with van der Waals surface area (Å²) in [7, 11) is 0. The number of nitrogens with one attached hydrogen (secondary N) is 1. The second kappa shape index (κ2) is 8.95. The lowest BCUT2D eigenvalue weighted by Crippen LogP contribution is -2.31. The van der Waals surface area contributed by atoms with Crippen molar-refractivity contribution in [1.29, 1.82) is 0 Å². The Morgan fingerprint density at radius 2 is 1.67 bits per heavy atom. The van der Waals surface area contributed by atoms with E-state index in [1.807, 2.05) is 56.3 Å². The summed E-state index contributed by atoms with van der Waals surface area (Å²) in [4.78, 5) is 24.8. The molecule has 0 bridgehead atoms. The van der Waals surface area contributed by atoms with E-state index in [9.17, 15) is 9.59 Å². The maximum atomic E-state index is 12.5. The third-order valence-corrected chi connectivity index (χ3v) is 5.02. The highest BCUT2D eigenvalue weighted by Crippen LogP contribution is 2.18. The maximum Gasteiger partial charge on any atom is 0.271 e. The molecule has 1 heterocycles. The molecule has 0 saturated carbocycles. The predicted molar refractivity (Wildman–Crippen MR) is 119 cm³/mol. The van der Waals surface area contributed by atoms with Gasteiger partial charge in [-0.1, -0.05) is 32.0 Å². The summed E-state index contributed by atoms with van der Waals surface area (Å²) in [6, 6.07) is 16.2. The topological polar surface area (TPSA) is 73.2 Å². The van der Waals surface area contributed by atoms with E-state index in [0.29, 0.717) is 17.3 Å². The second-order valence-corrected chi connectivity index (χ2v) is 7.72. The van der Waals surface area contributed by atoms with Crippen LogP contribution in [0.3, 0.4) is 0 Å². The van der Waals surface area contributed by atoms with Crippen molar-refractivity contribution in [2.75, 3.05) is 5.32 Å². The number of benzene rings is 2. The van der Waals surface area contributed by atoms with Crippen molar-refractivity contribution >= 4 is 11.6 Å². The summed E-state index contributed by atoms with van der Waals surface area (Å²) in [6.45, 7) is 9.86. The van der Waals surface area contributed by atoms with Crippen LogP contribution in [0.4, 0.5) is 5.69 Å². The van der Waals surface area contributed by atoms with Gasteiger partial charge in [0.15, 0.2) is 6.10 Å². The van der Waals surface area contributed by atoms with Gasteiger partial charge in [0.25, 0.3) is 11.5 Å². The lowest BCUT2D eigenvalue weighted by atomic mass is 10.0. The van der Waals surface area contributed by atoms with Crippen LogP contribution < -0.4 is 15.6 Å². The van der Waals surface area contributed by atoms with E-state index in [2.05, 4.69) is 24.3 Å². The minimum atomic E-state index is -0.784. The van der Waals surface area contributed by atoms with Gasteiger partial charge in [0.1, 0.15) is 0 Å². The molecule has 0 spiro atoms. The molecule has 30 heavy (non-hydrogen) atoms. The molecule has 0 aliphatic heterocycles. The molecule has 0 saturated heterocycles. The lowest BCUT2D eigenvalue weighted by Gasteiger charge is -2.15. The summed E-state index contributed by atoms with van der Waals surface area (Å²) in [6.07, 6.45) is -0.784. The molecule has 0 fully saturated rings. The number of aryl methyl sites for hydroxylation is 2. The Morgan fingerprint density at radius 3 is 2.30 bits per heavy atom. The number of rotatable bonds is 6. The average Bonchev–Trinajstić information content (AvgIpc) is 2.72. The molecular weight excluding hydrogens is 378 g/mol. The van der Waals surface area contributed by atoms with Crippen LogP contribution >= 0.6 is 0 Å². The number of nitrogens with zero attached hydrogens (tertiary/aromatic N) is 2. The Hall–Kier alpha value is -3.41. The largest absolute Gasteiger partial charge is 0.463 e. The molecule has 6 nitrogen and oxygen atoms in total. The molecule has 3 rings (SSSR count). The molecule has 0 unspecified atom stereocenters. The van der Waals surface area contributed by atoms with Crippen LogP contribution in [-0.2, 0) is 4.79 Å². The first kappa shape index (κ1) is 21.3. The fourth-order valence-corrected chi connectivity index (χ4v) is 2.93. The molecule has 3 aromatic rings. The van der Waals surface area contributed by atoms with Crippen LogP contribution in [0.2, 0.25) is 0 Å². The fourth-order valence-electron chi connectivity index (χ4n) is 2.93. The molecule has 6 heteroatoms. The lowest BCUT2D eigenvalue weighted by molar-refractivity contribution is -0.122. The molecule has 1 amide bonds. The molecule has 0 aliphatic carbocycles. The van der Waals surface area contributed by atoms with Crippen LogP contribution in [0, 0.1) is 13.8 Å². The van der Waals surface area contributed by atoms with Gasteiger partial charge in [-0.3, -0.25) is 9.59 Å². The van der Waals surface area contributed by atoms with Crippen LogP contribution in [0.5, 0.6) is 5.88 Å². The molecular formula is C24H27N3O3. The monoisotopic (exact) mass is 405 g/mol. The van der Waals surface area contributed by atoms with Gasteiger partial charge in [-0.15, -0.1) is 5.10 Å². The van der Waals surface area contributed by atoms with Crippen molar-refractivity contribution in [1.82, 2.24) is 9.78 Å². The average molecular weight is 405 g/mol. The quantitative estimate of drug-likeness (QED) is 0.661. The highest BCUT2D eigenvalue weighted by molar-refractivity contribution is 5.94. The summed E-state index contributed by atoms with van der Waals surface area (Å²) in [5, 5.41) is 7.11. The van der Waals surface area contributed by atoms with E-state index in [0.717, 1.165) is 11.1 Å². The number of carbonyl (C=O) groups excluding carboxylic acids is 1. The predicted octanol–water partition coefficient (Wildman–Crippen LogP) is 4.38. The standard InChI is InChI=1S/C24H27N3O3/c1-15(2)19-7-9-20(10-8-19)25-24(29)18(5)30-22-12-13-23(28)27(26-22)21-11-6-16(3)17(4)14-21/h6-15,18H,1-5H3,(H,25,29)/t18-/m0/s1. The first-order valence-corrected chi connectivity index (χ1v) is 10.00. The van der Waals surface area contributed by atoms with Crippen LogP contribution in [0.15, 0.2) is 59.4 Å². The summed E-state index contributed by atoms with van der Waals surface area (Å²) in [5.41, 5.74) is 4.47. The number of ether oxygens (including phenoxy) is 1. The number of hydrogen-bond acceptors (Lipinski definition) is 4. The third-order valence-electron chi connectivity index (χ3n) is 5.02. The number of hydrogen-bond donors (Lipinski definition) is 1. The highest BCUT2D eigenvalue weighted by Gasteiger charge is 2.16. The van der Waals surface area contributed by atoms with Gasteiger partial charge < -0.3 is 10.1 Å². The summed E-state index contributed by atoms with van der Waals surface area (Å²) >= 11 is 0. The Labute approximate surface area is 176 Å². The van der Waals surface area contributed by atoms with Crippen LogP contribution in [0.25, 0.3) is 5.69 Å². The van der Waals surface area contributed by atoms with E-state index >= 15 is 0 Å². The SMILES string of the molecule is Cc1ccc(-n2nc(O[C@@H](C)C(=O)Nc3ccc(C(C)C)cc3)ccc2=O)cc1C. The van der Waals surface area contributed by atoms with Crippen molar-refractivity contribution in [3.8, 4) is 11.6 Å². The molecule has 1 N–H and O–H groups in total. The van der Waals surface area contributed by atoms with E-state index in [1.54, 1.807) is 6.92 Å². The van der Waals surface area contributed by atoms with E-state index in [1.165, 1.54) is 22.4 Å². The van der Waals surface area contributed by atoms with E-state index in [-0.39, 0.29) is 17.3 Å². The number of aromatic nitrogens is 2. The Balaban J connectivity index is 1.73. The van der Waals surface area contributed by atoms with Gasteiger partial charge in [0.2, 0.25) is 5.88 Å². The van der Waals surface area contributed by atoms with Crippen molar-refractivity contribution in [2.24, 2.45) is 0 Å². The third kappa shape index (κ3) is 4.95. The molecule has 1 atom stereocenters. The minimum absolute atomic E-state index is 0.200. The van der Waals surface area contributed by atoms with E-state index in [4.69, 9.17) is 4.74 Å². The van der Waals surface area contributed by atoms with E-state index < -0.39 is 6.10 Å². The zero-order chi connectivity index (χ0) is 21.8. The smallest absolute Gasteiger partial charge is 0.271 e. The van der Waals surface area contributed by atoms with Crippen LogP contribution in [-0.4, -0.2) is 21.8 Å². The number of amides is 1. The van der Waals surface area contributed by atoms with Crippen molar-refractivity contribution in [2.45, 2.75) is 46.6 Å². The minimum Gasteiger partial charge on any atom is -0.463 e. The van der Waals surface area contributed by atoms with Gasteiger partial charge in [0, 0.05) is 17.8 Å². The van der Waals surface area contributed by atoms with Crippen molar-refractivity contribution in [3.63, 3.8) is 0 Å². The van der Waals surface area contributed by atoms with Crippen LogP contribution in [0.1, 0.15) is 43.4 Å². The molecule has 156 valence electrons. The number of anilines is 1. The normalized spacial score (nSPS) is 11.9. The van der Waals surface area contributed by atoms with Crippen molar-refractivity contribution in [3.05, 3.63) is 81.6 Å². The van der Waals surface area contributed by atoms with Crippen molar-refractivity contribution < 1.29 is 9.53 Å². The first-order chi connectivity index (χ1) is 14.2. The fraction of sp³-hybridized carbons (Fsp3) is 0.292. The Kier molecular flexibility index (Phi) is 6.35. The van der Waals surface area contributed by atoms with Gasteiger partial charge in [-0.05, 0) is 67.6 Å². The van der Waals surface area contributed by atoms with Gasteiger partial charge in [-0.2, -0.15) is 4.68 Å². The first-order valence-electron chi connectivity index (χ1n) is 10.00. The Morgan fingerprint density at radius 1 is 0.967 bits per heavy atom. The summed E-state index contributed by atoms with van der Waals surface area (Å²) in [5.74, 6) is 0.333. The molecule has 0 aliphatic rings. The molecule has 2 aromatic carbocycles. The zero-order valence-electron chi connectivity index (χ0n) is 18.0. The molecule has 0 radical (unpaired) electrons. The van der Waals surface area contributed by atoms with Gasteiger partial charge in [0.05, 0.1) is 5.69 Å². The maximum absolute atomic E-state index is 12.5. The second-order valence-electron chi connectivity index (χ2n) is 7.72. The Bertz CT molecular complexity index is 1100. The van der Waals surface area contributed by atoms with Gasteiger partial charge in [-0.25, -0.2) is 0 Å². The number of carbonyl (C=O) groups is 1. The van der Waals surface area contributed by atoms with Gasteiger partial charge >= 0.3 is 0 Å². The molecule has 1 aromatic heterocycles.